The number of carbonyl (C=O) groups is 1. The maximum Gasteiger partial charge on any atom is 0.341 e. The quantitative estimate of drug-likeness (QED) is 0.813. The molecule has 1 saturated heterocycles. The molecule has 0 bridgehead atoms. The molecule has 0 amide bonds. The number of hydrogen-bond donors (Lipinski definition) is 2. The van der Waals surface area contributed by atoms with Gasteiger partial charge in [0.1, 0.15) is 0 Å². The van der Waals surface area contributed by atoms with E-state index in [-0.39, 0.29) is 5.97 Å². The van der Waals surface area contributed by atoms with E-state index in [0.29, 0.717) is 35.9 Å². The molecule has 0 aromatic carbocycles. The maximum atomic E-state index is 11.7. The lowest BCUT2D eigenvalue weighted by atomic mass is 10.0. The van der Waals surface area contributed by atoms with Gasteiger partial charge in [-0.05, 0) is 40.2 Å². The standard InChI is InChI=1S/C14H22N4O2/c1-4-20-13(19)11-8-16-14(17-9(11)2)18-12-6-5-7-15-10(12)3/h8,10,12,15H,4-7H2,1-3H3,(H,16,17,18). The van der Waals surface area contributed by atoms with E-state index in [1.54, 1.807) is 13.8 Å². The van der Waals surface area contributed by atoms with Crippen LogP contribution in [0.3, 0.4) is 0 Å². The molecule has 0 saturated carbocycles. The zero-order valence-electron chi connectivity index (χ0n) is 12.3. The Morgan fingerprint density at radius 3 is 3.05 bits per heavy atom. The minimum atomic E-state index is -0.371. The maximum absolute atomic E-state index is 11.7. The summed E-state index contributed by atoms with van der Waals surface area (Å²) < 4.78 is 4.97. The fraction of sp³-hybridized carbons (Fsp3) is 0.643. The van der Waals surface area contributed by atoms with Gasteiger partial charge in [0.05, 0.1) is 17.9 Å². The van der Waals surface area contributed by atoms with Gasteiger partial charge in [-0.1, -0.05) is 0 Å². The summed E-state index contributed by atoms with van der Waals surface area (Å²) in [6, 6.07) is 0.703. The van der Waals surface area contributed by atoms with Crippen molar-refractivity contribution in [2.45, 2.75) is 45.7 Å². The van der Waals surface area contributed by atoms with Crippen LogP contribution in [-0.2, 0) is 4.74 Å². The monoisotopic (exact) mass is 278 g/mol. The van der Waals surface area contributed by atoms with Gasteiger partial charge >= 0.3 is 5.97 Å². The van der Waals surface area contributed by atoms with Gasteiger partial charge in [0.15, 0.2) is 0 Å². The highest BCUT2D eigenvalue weighted by Crippen LogP contribution is 2.14. The van der Waals surface area contributed by atoms with E-state index in [1.165, 1.54) is 6.20 Å². The van der Waals surface area contributed by atoms with Gasteiger partial charge in [-0.15, -0.1) is 0 Å². The molecular weight excluding hydrogens is 256 g/mol. The number of anilines is 1. The molecule has 1 aliphatic heterocycles. The van der Waals surface area contributed by atoms with Gasteiger partial charge in [0, 0.05) is 18.3 Å². The van der Waals surface area contributed by atoms with Crippen LogP contribution in [0.5, 0.6) is 0 Å². The summed E-state index contributed by atoms with van der Waals surface area (Å²) in [5, 5.41) is 6.75. The molecule has 0 spiro atoms. The minimum absolute atomic E-state index is 0.316. The summed E-state index contributed by atoms with van der Waals surface area (Å²) in [5.74, 6) is 0.195. The fourth-order valence-electron chi connectivity index (χ4n) is 2.35. The molecule has 1 fully saturated rings. The van der Waals surface area contributed by atoms with Gasteiger partial charge in [-0.2, -0.15) is 0 Å². The molecule has 6 heteroatoms. The molecule has 2 atom stereocenters. The average Bonchev–Trinajstić information content (AvgIpc) is 2.42. The molecule has 2 heterocycles. The lowest BCUT2D eigenvalue weighted by Gasteiger charge is -2.30. The first-order valence-electron chi connectivity index (χ1n) is 7.12. The highest BCUT2D eigenvalue weighted by molar-refractivity contribution is 5.90. The Morgan fingerprint density at radius 1 is 1.60 bits per heavy atom. The van der Waals surface area contributed by atoms with Crippen molar-refractivity contribution in [3.63, 3.8) is 0 Å². The van der Waals surface area contributed by atoms with E-state index in [2.05, 4.69) is 27.5 Å². The molecule has 2 unspecified atom stereocenters. The molecule has 2 N–H and O–H groups in total. The predicted octanol–water partition coefficient (Wildman–Crippen LogP) is 1.51. The highest BCUT2D eigenvalue weighted by atomic mass is 16.5. The number of nitrogens with zero attached hydrogens (tertiary/aromatic N) is 2. The first-order chi connectivity index (χ1) is 9.61. The predicted molar refractivity (Wildman–Crippen MR) is 76.8 cm³/mol. The van der Waals surface area contributed by atoms with Crippen molar-refractivity contribution < 1.29 is 9.53 Å². The second-order valence-corrected chi connectivity index (χ2v) is 5.05. The van der Waals surface area contributed by atoms with Crippen LogP contribution in [0.2, 0.25) is 0 Å². The molecular formula is C14H22N4O2. The van der Waals surface area contributed by atoms with Gasteiger partial charge in [-0.3, -0.25) is 0 Å². The number of aryl methyl sites for hydroxylation is 1. The summed E-state index contributed by atoms with van der Waals surface area (Å²) in [5.41, 5.74) is 1.06. The van der Waals surface area contributed by atoms with Crippen LogP contribution in [0.4, 0.5) is 5.95 Å². The third-order valence-electron chi connectivity index (χ3n) is 3.55. The Hall–Kier alpha value is -1.69. The molecule has 1 aromatic heterocycles. The molecule has 0 radical (unpaired) electrons. The van der Waals surface area contributed by atoms with Gasteiger partial charge in [0.2, 0.25) is 5.95 Å². The molecule has 20 heavy (non-hydrogen) atoms. The van der Waals surface area contributed by atoms with Crippen LogP contribution in [-0.4, -0.2) is 41.2 Å². The molecule has 2 rings (SSSR count). The molecule has 1 aromatic rings. The Morgan fingerprint density at radius 2 is 2.40 bits per heavy atom. The summed E-state index contributed by atoms with van der Waals surface area (Å²) in [7, 11) is 0. The lowest BCUT2D eigenvalue weighted by molar-refractivity contribution is 0.0524. The zero-order valence-corrected chi connectivity index (χ0v) is 12.3. The summed E-state index contributed by atoms with van der Waals surface area (Å²) in [6.07, 6.45) is 3.77. The highest BCUT2D eigenvalue weighted by Gasteiger charge is 2.21. The number of piperidine rings is 1. The third-order valence-corrected chi connectivity index (χ3v) is 3.55. The second-order valence-electron chi connectivity index (χ2n) is 5.05. The Kier molecular flexibility index (Phi) is 4.89. The van der Waals surface area contributed by atoms with Crippen LogP contribution in [0.25, 0.3) is 0 Å². The average molecular weight is 278 g/mol. The Bertz CT molecular complexity index is 478. The summed E-state index contributed by atoms with van der Waals surface area (Å²) in [4.78, 5) is 20.3. The molecule has 0 aliphatic carbocycles. The van der Waals surface area contributed by atoms with E-state index >= 15 is 0 Å². The summed E-state index contributed by atoms with van der Waals surface area (Å²) >= 11 is 0. The Labute approximate surface area is 119 Å². The van der Waals surface area contributed by atoms with Crippen molar-refractivity contribution in [2.24, 2.45) is 0 Å². The van der Waals surface area contributed by atoms with E-state index in [9.17, 15) is 4.79 Å². The molecule has 110 valence electrons. The van der Waals surface area contributed by atoms with Gasteiger partial charge in [0.25, 0.3) is 0 Å². The van der Waals surface area contributed by atoms with E-state index in [4.69, 9.17) is 4.74 Å². The van der Waals surface area contributed by atoms with Crippen molar-refractivity contribution >= 4 is 11.9 Å². The molecule has 1 aliphatic rings. The van der Waals surface area contributed by atoms with Crippen LogP contribution < -0.4 is 10.6 Å². The van der Waals surface area contributed by atoms with Crippen LogP contribution in [0, 0.1) is 6.92 Å². The number of aromatic nitrogens is 2. The number of ether oxygens (including phenoxy) is 1. The smallest absolute Gasteiger partial charge is 0.341 e. The van der Waals surface area contributed by atoms with Crippen molar-refractivity contribution in [1.82, 2.24) is 15.3 Å². The fourth-order valence-corrected chi connectivity index (χ4v) is 2.35. The van der Waals surface area contributed by atoms with Gasteiger partial charge < -0.3 is 15.4 Å². The topological polar surface area (TPSA) is 76.1 Å². The minimum Gasteiger partial charge on any atom is -0.462 e. The number of carbonyl (C=O) groups excluding carboxylic acids is 1. The van der Waals surface area contributed by atoms with Crippen molar-refractivity contribution in [3.05, 3.63) is 17.5 Å². The number of rotatable bonds is 4. The van der Waals surface area contributed by atoms with E-state index in [1.807, 2.05) is 0 Å². The first-order valence-corrected chi connectivity index (χ1v) is 7.12. The van der Waals surface area contributed by atoms with Crippen LogP contribution in [0.1, 0.15) is 42.7 Å². The number of nitrogens with one attached hydrogen (secondary N) is 2. The Balaban J connectivity index is 2.06. The lowest BCUT2D eigenvalue weighted by Crippen LogP contribution is -2.46. The molecule has 6 nitrogen and oxygen atoms in total. The number of esters is 1. The van der Waals surface area contributed by atoms with E-state index in [0.717, 1.165) is 19.4 Å². The second kappa shape index (κ2) is 6.65. The van der Waals surface area contributed by atoms with Gasteiger partial charge in [-0.25, -0.2) is 14.8 Å². The zero-order chi connectivity index (χ0) is 14.5. The normalized spacial score (nSPS) is 22.4. The summed E-state index contributed by atoms with van der Waals surface area (Å²) in [6.45, 7) is 7.13. The van der Waals surface area contributed by atoms with E-state index < -0.39 is 0 Å². The SMILES string of the molecule is CCOC(=O)c1cnc(NC2CCCNC2C)nc1C. The van der Waals surface area contributed by atoms with Crippen LogP contribution >= 0.6 is 0 Å². The largest absolute Gasteiger partial charge is 0.462 e. The number of hydrogen-bond acceptors (Lipinski definition) is 6. The van der Waals surface area contributed by atoms with Crippen LogP contribution in [0.15, 0.2) is 6.20 Å². The van der Waals surface area contributed by atoms with Crippen molar-refractivity contribution in [2.75, 3.05) is 18.5 Å². The first kappa shape index (κ1) is 14.7. The van der Waals surface area contributed by atoms with Crippen molar-refractivity contribution in [1.29, 1.82) is 0 Å². The third kappa shape index (κ3) is 3.45. The van der Waals surface area contributed by atoms with Crippen molar-refractivity contribution in [3.8, 4) is 0 Å².